The minimum absolute atomic E-state index is 0.211. The molecule has 0 radical (unpaired) electrons. The largest absolute Gasteiger partial charge is 0.497 e. The number of aryl methyl sites for hydroxylation is 1. The number of methoxy groups -OCH3 is 1. The van der Waals surface area contributed by atoms with Crippen molar-refractivity contribution >= 4 is 11.9 Å². The van der Waals surface area contributed by atoms with Gasteiger partial charge < -0.3 is 20.3 Å². The predicted molar refractivity (Wildman–Crippen MR) is 115 cm³/mol. The van der Waals surface area contributed by atoms with Crippen molar-refractivity contribution in [3.05, 3.63) is 29.8 Å². The number of carbonyl (C=O) groups is 1. The van der Waals surface area contributed by atoms with Crippen molar-refractivity contribution in [1.29, 1.82) is 0 Å². The number of aliphatic imine (C=N–C) groups is 1. The SMILES string of the molecule is CCNC(=NCC1(C(=O)N(C)C)CCCC1)NCCCc1cccc(OC)c1. The van der Waals surface area contributed by atoms with E-state index >= 15 is 0 Å². The quantitative estimate of drug-likeness (QED) is 0.388. The number of nitrogens with one attached hydrogen (secondary N) is 2. The Balaban J connectivity index is 1.89. The average Bonchev–Trinajstić information content (AvgIpc) is 3.18. The first-order chi connectivity index (χ1) is 13.5. The van der Waals surface area contributed by atoms with E-state index in [-0.39, 0.29) is 11.3 Å². The third-order valence-corrected chi connectivity index (χ3v) is 5.37. The summed E-state index contributed by atoms with van der Waals surface area (Å²) in [7, 11) is 5.38. The monoisotopic (exact) mass is 388 g/mol. The van der Waals surface area contributed by atoms with Gasteiger partial charge in [-0.2, -0.15) is 0 Å². The topological polar surface area (TPSA) is 66.0 Å². The molecular weight excluding hydrogens is 352 g/mol. The molecule has 156 valence electrons. The molecule has 0 spiro atoms. The molecule has 2 rings (SSSR count). The van der Waals surface area contributed by atoms with Crippen molar-refractivity contribution in [2.75, 3.05) is 40.8 Å². The van der Waals surface area contributed by atoms with Crippen LogP contribution in [0.3, 0.4) is 0 Å². The fourth-order valence-corrected chi connectivity index (χ4v) is 3.87. The molecule has 0 bridgehead atoms. The summed E-state index contributed by atoms with van der Waals surface area (Å²) in [4.78, 5) is 19.2. The lowest BCUT2D eigenvalue weighted by atomic mass is 9.85. The van der Waals surface area contributed by atoms with E-state index < -0.39 is 0 Å². The number of benzene rings is 1. The van der Waals surface area contributed by atoms with Gasteiger partial charge in [-0.3, -0.25) is 9.79 Å². The first kappa shape index (κ1) is 22.1. The number of hydrogen-bond acceptors (Lipinski definition) is 3. The zero-order chi connectivity index (χ0) is 20.4. The second-order valence-corrected chi connectivity index (χ2v) is 7.76. The number of hydrogen-bond donors (Lipinski definition) is 2. The van der Waals surface area contributed by atoms with E-state index in [0.717, 1.165) is 63.3 Å². The fourth-order valence-electron chi connectivity index (χ4n) is 3.87. The summed E-state index contributed by atoms with van der Waals surface area (Å²) in [5.41, 5.74) is 0.941. The third kappa shape index (κ3) is 6.14. The van der Waals surface area contributed by atoms with Crippen molar-refractivity contribution < 1.29 is 9.53 Å². The van der Waals surface area contributed by atoms with E-state index in [1.165, 1.54) is 5.56 Å². The van der Waals surface area contributed by atoms with Gasteiger partial charge in [0, 0.05) is 27.2 Å². The molecule has 0 atom stereocenters. The van der Waals surface area contributed by atoms with Gasteiger partial charge in [-0.25, -0.2) is 0 Å². The fraction of sp³-hybridized carbons (Fsp3) is 0.636. The molecule has 1 aliphatic rings. The third-order valence-electron chi connectivity index (χ3n) is 5.37. The standard InChI is InChI=1S/C22H36N4O2/c1-5-23-21(24-15-9-11-18-10-8-12-19(16-18)28-4)25-17-22(13-6-7-14-22)20(27)26(2)3/h8,10,12,16H,5-7,9,11,13-15,17H2,1-4H3,(H2,23,24,25). The van der Waals surface area contributed by atoms with Gasteiger partial charge in [0.25, 0.3) is 0 Å². The van der Waals surface area contributed by atoms with Crippen LogP contribution in [-0.2, 0) is 11.2 Å². The summed E-state index contributed by atoms with van der Waals surface area (Å²) >= 11 is 0. The van der Waals surface area contributed by atoms with E-state index in [0.29, 0.717) is 6.54 Å². The molecular formula is C22H36N4O2. The Labute approximate surface area is 169 Å². The highest BCUT2D eigenvalue weighted by Crippen LogP contribution is 2.39. The molecule has 0 saturated heterocycles. The van der Waals surface area contributed by atoms with Gasteiger partial charge in [0.1, 0.15) is 5.75 Å². The number of amides is 1. The molecule has 6 heteroatoms. The molecule has 1 fully saturated rings. The van der Waals surface area contributed by atoms with E-state index in [9.17, 15) is 4.79 Å². The number of nitrogens with zero attached hydrogens (tertiary/aromatic N) is 2. The smallest absolute Gasteiger partial charge is 0.230 e. The highest BCUT2D eigenvalue weighted by atomic mass is 16.5. The Morgan fingerprint density at radius 1 is 1.25 bits per heavy atom. The second-order valence-electron chi connectivity index (χ2n) is 7.76. The zero-order valence-corrected chi connectivity index (χ0v) is 17.9. The van der Waals surface area contributed by atoms with Gasteiger partial charge in [-0.05, 0) is 50.3 Å². The number of guanidine groups is 1. The molecule has 1 aromatic carbocycles. The lowest BCUT2D eigenvalue weighted by molar-refractivity contribution is -0.138. The Hall–Kier alpha value is -2.24. The van der Waals surface area contributed by atoms with Gasteiger partial charge in [0.2, 0.25) is 5.91 Å². The van der Waals surface area contributed by atoms with Crippen molar-refractivity contribution in [2.45, 2.75) is 45.4 Å². The van der Waals surface area contributed by atoms with E-state index in [1.807, 2.05) is 26.2 Å². The number of ether oxygens (including phenoxy) is 1. The first-order valence-electron chi connectivity index (χ1n) is 10.4. The van der Waals surface area contributed by atoms with Crippen molar-refractivity contribution in [3.63, 3.8) is 0 Å². The maximum absolute atomic E-state index is 12.7. The van der Waals surface area contributed by atoms with Crippen LogP contribution in [-0.4, -0.2) is 57.6 Å². The Morgan fingerprint density at radius 3 is 2.64 bits per heavy atom. The van der Waals surface area contributed by atoms with Crippen molar-refractivity contribution in [3.8, 4) is 5.75 Å². The molecule has 1 aromatic rings. The van der Waals surface area contributed by atoms with Gasteiger partial charge in [-0.15, -0.1) is 0 Å². The second kappa shape index (κ2) is 10.9. The summed E-state index contributed by atoms with van der Waals surface area (Å²) in [5.74, 6) is 1.90. The maximum Gasteiger partial charge on any atom is 0.230 e. The highest BCUT2D eigenvalue weighted by Gasteiger charge is 2.41. The van der Waals surface area contributed by atoms with Crippen molar-refractivity contribution in [1.82, 2.24) is 15.5 Å². The molecule has 0 unspecified atom stereocenters. The van der Waals surface area contributed by atoms with Gasteiger partial charge in [-0.1, -0.05) is 25.0 Å². The van der Waals surface area contributed by atoms with E-state index in [1.54, 1.807) is 12.0 Å². The zero-order valence-electron chi connectivity index (χ0n) is 17.9. The molecule has 1 amide bonds. The highest BCUT2D eigenvalue weighted by molar-refractivity contribution is 5.84. The predicted octanol–water partition coefficient (Wildman–Crippen LogP) is 2.83. The Bertz CT molecular complexity index is 652. The minimum atomic E-state index is -0.327. The summed E-state index contributed by atoms with van der Waals surface area (Å²) in [5, 5.41) is 6.71. The van der Waals surface area contributed by atoms with Crippen LogP contribution >= 0.6 is 0 Å². The van der Waals surface area contributed by atoms with Crippen LogP contribution in [0, 0.1) is 5.41 Å². The minimum Gasteiger partial charge on any atom is -0.497 e. The van der Waals surface area contributed by atoms with Crippen LogP contribution in [0.25, 0.3) is 0 Å². The average molecular weight is 389 g/mol. The van der Waals surface area contributed by atoms with Gasteiger partial charge in [0.05, 0.1) is 19.1 Å². The van der Waals surface area contributed by atoms with E-state index in [2.05, 4.69) is 29.7 Å². The Morgan fingerprint density at radius 2 is 2.00 bits per heavy atom. The first-order valence-corrected chi connectivity index (χ1v) is 10.4. The number of rotatable bonds is 9. The lowest BCUT2D eigenvalue weighted by Gasteiger charge is -2.29. The summed E-state index contributed by atoms with van der Waals surface area (Å²) in [6.45, 7) is 4.24. The molecule has 28 heavy (non-hydrogen) atoms. The summed E-state index contributed by atoms with van der Waals surface area (Å²) in [6.07, 6.45) is 6.07. The van der Waals surface area contributed by atoms with Crippen LogP contribution < -0.4 is 15.4 Å². The van der Waals surface area contributed by atoms with Crippen LogP contribution in [0.2, 0.25) is 0 Å². The molecule has 1 saturated carbocycles. The molecule has 0 heterocycles. The van der Waals surface area contributed by atoms with Crippen LogP contribution in [0.15, 0.2) is 29.3 Å². The molecule has 1 aliphatic carbocycles. The van der Waals surface area contributed by atoms with Crippen LogP contribution in [0.4, 0.5) is 0 Å². The molecule has 6 nitrogen and oxygen atoms in total. The number of carbonyl (C=O) groups excluding carboxylic acids is 1. The molecule has 2 N–H and O–H groups in total. The van der Waals surface area contributed by atoms with Crippen LogP contribution in [0.5, 0.6) is 5.75 Å². The molecule has 0 aromatic heterocycles. The Kier molecular flexibility index (Phi) is 8.61. The summed E-state index contributed by atoms with van der Waals surface area (Å²) < 4.78 is 5.28. The van der Waals surface area contributed by atoms with Crippen LogP contribution in [0.1, 0.15) is 44.6 Å². The summed E-state index contributed by atoms with van der Waals surface area (Å²) in [6, 6.07) is 8.19. The van der Waals surface area contributed by atoms with E-state index in [4.69, 9.17) is 9.73 Å². The molecule has 0 aliphatic heterocycles. The van der Waals surface area contributed by atoms with Gasteiger partial charge >= 0.3 is 0 Å². The normalized spacial score (nSPS) is 15.9. The van der Waals surface area contributed by atoms with Crippen molar-refractivity contribution in [2.24, 2.45) is 10.4 Å². The maximum atomic E-state index is 12.7. The lowest BCUT2D eigenvalue weighted by Crippen LogP contribution is -2.43. The van der Waals surface area contributed by atoms with Gasteiger partial charge in [0.15, 0.2) is 5.96 Å².